The summed E-state index contributed by atoms with van der Waals surface area (Å²) in [4.78, 5) is 2.17. The lowest BCUT2D eigenvalue weighted by molar-refractivity contribution is 0.222. The van der Waals surface area contributed by atoms with Gasteiger partial charge < -0.3 is 10.6 Å². The molecule has 1 aromatic rings. The fourth-order valence-electron chi connectivity index (χ4n) is 3.05. The molecule has 1 aliphatic heterocycles. The lowest BCUT2D eigenvalue weighted by atomic mass is 9.86. The van der Waals surface area contributed by atoms with Gasteiger partial charge in [0.15, 0.2) is 0 Å². The summed E-state index contributed by atoms with van der Waals surface area (Å²) in [5.74, 6) is 0.0946. The van der Waals surface area contributed by atoms with E-state index in [9.17, 15) is 12.8 Å². The van der Waals surface area contributed by atoms with Gasteiger partial charge in [-0.3, -0.25) is 0 Å². The Morgan fingerprint density at radius 3 is 2.48 bits per heavy atom. The standard InChI is InChI=1S/C16H26FN3O2S/c1-12-10-16(18)15(17)11-14(12)13-4-6-20(7-5-13)8-9-23(21,22)19(2)3/h10-11,13H,4-9,18H2,1-3H3. The van der Waals surface area contributed by atoms with Crippen LogP contribution in [-0.2, 0) is 10.0 Å². The van der Waals surface area contributed by atoms with Gasteiger partial charge in [-0.05, 0) is 62.0 Å². The minimum atomic E-state index is -3.15. The van der Waals surface area contributed by atoms with Crippen molar-refractivity contribution < 1.29 is 12.8 Å². The molecule has 130 valence electrons. The number of rotatable bonds is 5. The Bertz CT molecular complexity index is 654. The van der Waals surface area contributed by atoms with Gasteiger partial charge in [0.25, 0.3) is 0 Å². The lowest BCUT2D eigenvalue weighted by Gasteiger charge is -2.33. The van der Waals surface area contributed by atoms with Gasteiger partial charge in [-0.25, -0.2) is 17.1 Å². The van der Waals surface area contributed by atoms with Crippen LogP contribution in [0, 0.1) is 12.7 Å². The molecular weight excluding hydrogens is 317 g/mol. The number of piperidine rings is 1. The van der Waals surface area contributed by atoms with Crippen molar-refractivity contribution in [2.45, 2.75) is 25.7 Å². The number of aryl methyl sites for hydroxylation is 1. The van der Waals surface area contributed by atoms with Gasteiger partial charge in [0, 0.05) is 20.6 Å². The summed E-state index contributed by atoms with van der Waals surface area (Å²) in [7, 11) is -0.0411. The molecule has 1 saturated heterocycles. The zero-order valence-electron chi connectivity index (χ0n) is 14.0. The summed E-state index contributed by atoms with van der Waals surface area (Å²) in [5.41, 5.74) is 7.84. The number of halogens is 1. The Morgan fingerprint density at radius 1 is 1.30 bits per heavy atom. The molecule has 2 N–H and O–H groups in total. The number of benzene rings is 1. The second kappa shape index (κ2) is 7.15. The van der Waals surface area contributed by atoms with Crippen LogP contribution in [0.25, 0.3) is 0 Å². The van der Waals surface area contributed by atoms with Crippen LogP contribution < -0.4 is 5.73 Å². The van der Waals surface area contributed by atoms with E-state index in [1.165, 1.54) is 4.31 Å². The number of nitrogens with two attached hydrogens (primary N) is 1. The predicted molar refractivity (Wildman–Crippen MR) is 91.4 cm³/mol. The Balaban J connectivity index is 1.93. The lowest BCUT2D eigenvalue weighted by Crippen LogP contribution is -2.38. The molecule has 0 atom stereocenters. The second-order valence-electron chi connectivity index (χ2n) is 6.44. The highest BCUT2D eigenvalue weighted by Gasteiger charge is 2.24. The molecule has 0 saturated carbocycles. The molecule has 0 amide bonds. The van der Waals surface area contributed by atoms with Crippen molar-refractivity contribution >= 4 is 15.7 Å². The first-order valence-electron chi connectivity index (χ1n) is 7.89. The van der Waals surface area contributed by atoms with Crippen molar-refractivity contribution in [3.63, 3.8) is 0 Å². The minimum absolute atomic E-state index is 0.139. The van der Waals surface area contributed by atoms with Crippen LogP contribution in [0.2, 0.25) is 0 Å². The van der Waals surface area contributed by atoms with E-state index < -0.39 is 10.0 Å². The summed E-state index contributed by atoms with van der Waals surface area (Å²) < 4.78 is 38.6. The zero-order valence-corrected chi connectivity index (χ0v) is 14.9. The predicted octanol–water partition coefficient (Wildman–Crippen LogP) is 1.79. The maximum absolute atomic E-state index is 13.7. The van der Waals surface area contributed by atoms with Crippen molar-refractivity contribution in [2.24, 2.45) is 0 Å². The molecule has 7 heteroatoms. The van der Waals surface area contributed by atoms with E-state index in [0.29, 0.717) is 12.5 Å². The average Bonchev–Trinajstić information content (AvgIpc) is 2.49. The fourth-order valence-corrected chi connectivity index (χ4v) is 3.91. The van der Waals surface area contributed by atoms with Crippen LogP contribution in [-0.4, -0.2) is 57.1 Å². The third-order valence-electron chi connectivity index (χ3n) is 4.63. The van der Waals surface area contributed by atoms with Gasteiger partial charge in [-0.2, -0.15) is 0 Å². The van der Waals surface area contributed by atoms with E-state index in [4.69, 9.17) is 5.73 Å². The smallest absolute Gasteiger partial charge is 0.214 e. The third-order valence-corrected chi connectivity index (χ3v) is 6.45. The van der Waals surface area contributed by atoms with Crippen LogP contribution in [0.15, 0.2) is 12.1 Å². The molecule has 23 heavy (non-hydrogen) atoms. The number of hydrogen-bond acceptors (Lipinski definition) is 4. The highest BCUT2D eigenvalue weighted by Crippen LogP contribution is 2.32. The van der Waals surface area contributed by atoms with Gasteiger partial charge in [0.05, 0.1) is 11.4 Å². The number of nitrogens with zero attached hydrogens (tertiary/aromatic N) is 2. The van der Waals surface area contributed by atoms with Crippen LogP contribution in [0.3, 0.4) is 0 Å². The van der Waals surface area contributed by atoms with E-state index in [1.54, 1.807) is 26.2 Å². The maximum atomic E-state index is 13.7. The number of hydrogen-bond donors (Lipinski definition) is 1. The first kappa shape index (κ1) is 18.2. The summed E-state index contributed by atoms with van der Waals surface area (Å²) in [6.45, 7) is 4.17. The third kappa shape index (κ3) is 4.43. The highest BCUT2D eigenvalue weighted by atomic mass is 32.2. The molecule has 1 aliphatic rings. The monoisotopic (exact) mass is 343 g/mol. The van der Waals surface area contributed by atoms with Gasteiger partial charge in [0.2, 0.25) is 10.0 Å². The summed E-state index contributed by atoms with van der Waals surface area (Å²) in [6.07, 6.45) is 1.82. The normalized spacial score (nSPS) is 17.8. The molecule has 2 rings (SSSR count). The zero-order chi connectivity index (χ0) is 17.2. The van der Waals surface area contributed by atoms with Crippen LogP contribution >= 0.6 is 0 Å². The molecule has 0 radical (unpaired) electrons. The average molecular weight is 343 g/mol. The quantitative estimate of drug-likeness (QED) is 0.828. The topological polar surface area (TPSA) is 66.6 Å². The number of sulfonamides is 1. The second-order valence-corrected chi connectivity index (χ2v) is 8.75. The van der Waals surface area contributed by atoms with Crippen molar-refractivity contribution in [3.8, 4) is 0 Å². The summed E-state index contributed by atoms with van der Waals surface area (Å²) in [6, 6.07) is 3.25. The van der Waals surface area contributed by atoms with Gasteiger partial charge in [-0.1, -0.05) is 0 Å². The minimum Gasteiger partial charge on any atom is -0.396 e. The van der Waals surface area contributed by atoms with Crippen molar-refractivity contribution in [3.05, 3.63) is 29.1 Å². The molecule has 1 fully saturated rings. The van der Waals surface area contributed by atoms with E-state index in [-0.39, 0.29) is 17.3 Å². The molecule has 0 aromatic heterocycles. The molecule has 5 nitrogen and oxygen atoms in total. The van der Waals surface area contributed by atoms with Crippen molar-refractivity contribution in [1.29, 1.82) is 0 Å². The molecule has 0 aliphatic carbocycles. The number of nitrogen functional groups attached to an aromatic ring is 1. The van der Waals surface area contributed by atoms with Gasteiger partial charge in [0.1, 0.15) is 5.82 Å². The van der Waals surface area contributed by atoms with Gasteiger partial charge >= 0.3 is 0 Å². The first-order chi connectivity index (χ1) is 10.7. The largest absolute Gasteiger partial charge is 0.396 e. The number of anilines is 1. The highest BCUT2D eigenvalue weighted by molar-refractivity contribution is 7.89. The SMILES string of the molecule is Cc1cc(N)c(F)cc1C1CCN(CCS(=O)(=O)N(C)C)CC1. The van der Waals surface area contributed by atoms with E-state index in [2.05, 4.69) is 4.90 Å². The molecule has 0 unspecified atom stereocenters. The van der Waals surface area contributed by atoms with E-state index in [1.807, 2.05) is 6.92 Å². The van der Waals surface area contributed by atoms with Gasteiger partial charge in [-0.15, -0.1) is 0 Å². The van der Waals surface area contributed by atoms with Crippen LogP contribution in [0.4, 0.5) is 10.1 Å². The van der Waals surface area contributed by atoms with Crippen LogP contribution in [0.5, 0.6) is 0 Å². The first-order valence-corrected chi connectivity index (χ1v) is 9.49. The van der Waals surface area contributed by atoms with Crippen molar-refractivity contribution in [2.75, 3.05) is 45.2 Å². The Morgan fingerprint density at radius 2 is 1.91 bits per heavy atom. The van der Waals surface area contributed by atoms with E-state index >= 15 is 0 Å². The molecule has 0 bridgehead atoms. The summed E-state index contributed by atoms with van der Waals surface area (Å²) in [5, 5.41) is 0. The summed E-state index contributed by atoms with van der Waals surface area (Å²) >= 11 is 0. The molecule has 1 aromatic carbocycles. The Kier molecular flexibility index (Phi) is 5.65. The van der Waals surface area contributed by atoms with E-state index in [0.717, 1.165) is 37.1 Å². The van der Waals surface area contributed by atoms with Crippen molar-refractivity contribution in [1.82, 2.24) is 9.21 Å². The van der Waals surface area contributed by atoms with Crippen LogP contribution in [0.1, 0.15) is 29.9 Å². The molecule has 1 heterocycles. The maximum Gasteiger partial charge on any atom is 0.214 e. The Labute approximate surface area is 138 Å². The molecular formula is C16H26FN3O2S. The molecule has 0 spiro atoms. The fraction of sp³-hybridized carbons (Fsp3) is 0.625. The number of likely N-dealkylation sites (tertiary alicyclic amines) is 1. The Hall–Kier alpha value is -1.18.